The number of amides is 3. The Labute approximate surface area is 122 Å². The molecule has 1 aliphatic carbocycles. The first-order valence-electron chi connectivity index (χ1n) is 6.88. The summed E-state index contributed by atoms with van der Waals surface area (Å²) in [4.78, 5) is 38.9. The van der Waals surface area contributed by atoms with Gasteiger partial charge in [0.2, 0.25) is 0 Å². The normalized spacial score (nSPS) is 18.3. The predicted octanol–water partition coefficient (Wildman–Crippen LogP) is 1.30. The Bertz CT molecular complexity index is 609. The van der Waals surface area contributed by atoms with E-state index in [0.29, 0.717) is 11.3 Å². The predicted molar refractivity (Wildman–Crippen MR) is 74.2 cm³/mol. The van der Waals surface area contributed by atoms with E-state index in [1.807, 2.05) is 0 Å². The molecular formula is C15H16N2O4. The summed E-state index contributed by atoms with van der Waals surface area (Å²) in [5, 5.41) is 0. The summed E-state index contributed by atoms with van der Waals surface area (Å²) in [6.45, 7) is -0.122. The zero-order valence-corrected chi connectivity index (χ0v) is 11.7. The minimum Gasteiger partial charge on any atom is -0.497 e. The molecule has 0 spiro atoms. The second-order valence-electron chi connectivity index (χ2n) is 5.28. The molecule has 0 N–H and O–H groups in total. The van der Waals surface area contributed by atoms with Crippen molar-refractivity contribution in [2.75, 3.05) is 20.2 Å². The highest BCUT2D eigenvalue weighted by molar-refractivity contribution is 6.08. The van der Waals surface area contributed by atoms with Crippen LogP contribution in [0, 0.1) is 0 Å². The van der Waals surface area contributed by atoms with Gasteiger partial charge in [-0.05, 0) is 25.0 Å². The van der Waals surface area contributed by atoms with Gasteiger partial charge in [0.05, 0.1) is 13.7 Å². The number of imide groups is 1. The van der Waals surface area contributed by atoms with Gasteiger partial charge in [-0.15, -0.1) is 0 Å². The van der Waals surface area contributed by atoms with E-state index >= 15 is 0 Å². The fraction of sp³-hybridized carbons (Fsp3) is 0.400. The number of hydrogen-bond acceptors (Lipinski definition) is 4. The van der Waals surface area contributed by atoms with Crippen LogP contribution in [0.3, 0.4) is 0 Å². The third-order valence-corrected chi connectivity index (χ3v) is 3.76. The summed E-state index contributed by atoms with van der Waals surface area (Å²) < 4.78 is 5.07. The lowest BCUT2D eigenvalue weighted by molar-refractivity contribution is -0.125. The molecule has 6 heteroatoms. The van der Waals surface area contributed by atoms with E-state index in [9.17, 15) is 14.4 Å². The van der Waals surface area contributed by atoms with Gasteiger partial charge in [0.15, 0.2) is 5.78 Å². The number of carbonyl (C=O) groups excluding carboxylic acids is 3. The van der Waals surface area contributed by atoms with Crippen molar-refractivity contribution in [2.24, 2.45) is 0 Å². The van der Waals surface area contributed by atoms with Crippen molar-refractivity contribution in [1.82, 2.24) is 9.80 Å². The molecule has 3 rings (SSSR count). The van der Waals surface area contributed by atoms with Crippen LogP contribution in [0.5, 0.6) is 5.75 Å². The first kappa shape index (κ1) is 13.6. The van der Waals surface area contributed by atoms with Gasteiger partial charge in [-0.2, -0.15) is 0 Å². The molecule has 6 nitrogen and oxygen atoms in total. The van der Waals surface area contributed by atoms with Crippen molar-refractivity contribution >= 4 is 17.7 Å². The van der Waals surface area contributed by atoms with Gasteiger partial charge in [0.25, 0.3) is 5.91 Å². The molecular weight excluding hydrogens is 272 g/mol. The van der Waals surface area contributed by atoms with E-state index in [2.05, 4.69) is 0 Å². The number of urea groups is 1. The quantitative estimate of drug-likeness (QED) is 0.605. The molecule has 1 aromatic rings. The molecule has 0 radical (unpaired) electrons. The van der Waals surface area contributed by atoms with E-state index in [-0.39, 0.29) is 36.9 Å². The van der Waals surface area contributed by atoms with Crippen LogP contribution in [0.4, 0.5) is 4.79 Å². The van der Waals surface area contributed by atoms with Gasteiger partial charge in [-0.3, -0.25) is 14.5 Å². The average Bonchev–Trinajstić information content (AvgIpc) is 3.30. The number of ketones is 1. The third kappa shape index (κ3) is 2.61. The summed E-state index contributed by atoms with van der Waals surface area (Å²) in [7, 11) is 1.52. The molecule has 1 aromatic carbocycles. The van der Waals surface area contributed by atoms with E-state index in [1.54, 1.807) is 29.2 Å². The van der Waals surface area contributed by atoms with Crippen molar-refractivity contribution in [1.29, 1.82) is 0 Å². The number of Topliss-reactive ketones (excluding diaryl/α,β-unsaturated/α-hetero) is 1. The number of nitrogens with zero attached hydrogens (tertiary/aromatic N) is 2. The van der Waals surface area contributed by atoms with Crippen LogP contribution in [0.2, 0.25) is 0 Å². The lowest BCUT2D eigenvalue weighted by atomic mass is 10.1. The SMILES string of the molecule is COc1cccc(C(=O)CN2C(=O)CN(C3CC3)C2=O)c1. The van der Waals surface area contributed by atoms with Crippen LogP contribution < -0.4 is 4.74 Å². The second kappa shape index (κ2) is 5.20. The number of benzene rings is 1. The summed E-state index contributed by atoms with van der Waals surface area (Å²) in [6, 6.07) is 6.52. The van der Waals surface area contributed by atoms with Gasteiger partial charge in [-0.1, -0.05) is 12.1 Å². The van der Waals surface area contributed by atoms with Gasteiger partial charge in [-0.25, -0.2) is 4.79 Å². The average molecular weight is 288 g/mol. The standard InChI is InChI=1S/C15H16N2O4/c1-21-12-4-2-3-10(7-12)13(18)8-17-14(19)9-16(15(17)20)11-5-6-11/h2-4,7,11H,5-6,8-9H2,1H3. The Hall–Kier alpha value is -2.37. The lowest BCUT2D eigenvalue weighted by Crippen LogP contribution is -2.37. The Morgan fingerprint density at radius 1 is 1.33 bits per heavy atom. The molecule has 21 heavy (non-hydrogen) atoms. The van der Waals surface area contributed by atoms with E-state index in [4.69, 9.17) is 4.74 Å². The molecule has 2 aliphatic rings. The first-order chi connectivity index (χ1) is 10.1. The van der Waals surface area contributed by atoms with E-state index in [0.717, 1.165) is 17.7 Å². The number of hydrogen-bond donors (Lipinski definition) is 0. The molecule has 3 amide bonds. The van der Waals surface area contributed by atoms with Crippen molar-refractivity contribution < 1.29 is 19.1 Å². The molecule has 0 unspecified atom stereocenters. The summed E-state index contributed by atoms with van der Waals surface area (Å²) in [5.41, 5.74) is 0.430. The fourth-order valence-corrected chi connectivity index (χ4v) is 2.42. The van der Waals surface area contributed by atoms with Gasteiger partial charge >= 0.3 is 6.03 Å². The number of carbonyl (C=O) groups is 3. The zero-order valence-electron chi connectivity index (χ0n) is 11.7. The summed E-state index contributed by atoms with van der Waals surface area (Å²) in [6.07, 6.45) is 1.88. The van der Waals surface area contributed by atoms with Crippen LogP contribution in [0.1, 0.15) is 23.2 Å². The maximum atomic E-state index is 12.2. The third-order valence-electron chi connectivity index (χ3n) is 3.76. The van der Waals surface area contributed by atoms with E-state index < -0.39 is 0 Å². The zero-order chi connectivity index (χ0) is 15.0. The Morgan fingerprint density at radius 2 is 2.10 bits per heavy atom. The maximum Gasteiger partial charge on any atom is 0.327 e. The minimum atomic E-state index is -0.348. The molecule has 0 bridgehead atoms. The molecule has 2 fully saturated rings. The summed E-state index contributed by atoms with van der Waals surface area (Å²) in [5.74, 6) is -0.00377. The van der Waals surface area contributed by atoms with Crippen molar-refractivity contribution in [3.63, 3.8) is 0 Å². The topological polar surface area (TPSA) is 66.9 Å². The van der Waals surface area contributed by atoms with Gasteiger partial charge in [0, 0.05) is 11.6 Å². The van der Waals surface area contributed by atoms with Crippen molar-refractivity contribution in [2.45, 2.75) is 18.9 Å². The first-order valence-corrected chi connectivity index (χ1v) is 6.88. The Kier molecular flexibility index (Phi) is 3.37. The van der Waals surface area contributed by atoms with Crippen LogP contribution in [-0.4, -0.2) is 53.8 Å². The van der Waals surface area contributed by atoms with Crippen LogP contribution in [-0.2, 0) is 4.79 Å². The van der Waals surface area contributed by atoms with Crippen molar-refractivity contribution in [3.05, 3.63) is 29.8 Å². The Morgan fingerprint density at radius 3 is 2.76 bits per heavy atom. The fourth-order valence-electron chi connectivity index (χ4n) is 2.42. The lowest BCUT2D eigenvalue weighted by Gasteiger charge is -2.16. The number of rotatable bonds is 5. The molecule has 0 aromatic heterocycles. The monoisotopic (exact) mass is 288 g/mol. The van der Waals surface area contributed by atoms with Crippen LogP contribution in [0.15, 0.2) is 24.3 Å². The largest absolute Gasteiger partial charge is 0.497 e. The van der Waals surface area contributed by atoms with Gasteiger partial charge in [0.1, 0.15) is 12.3 Å². The van der Waals surface area contributed by atoms with E-state index in [1.165, 1.54) is 7.11 Å². The molecule has 1 saturated heterocycles. The highest BCUT2D eigenvalue weighted by atomic mass is 16.5. The molecule has 0 atom stereocenters. The molecule has 1 aliphatic heterocycles. The molecule has 1 saturated carbocycles. The summed E-state index contributed by atoms with van der Waals surface area (Å²) >= 11 is 0. The smallest absolute Gasteiger partial charge is 0.327 e. The highest BCUT2D eigenvalue weighted by Gasteiger charge is 2.44. The molecule has 1 heterocycles. The minimum absolute atomic E-state index is 0.0922. The maximum absolute atomic E-state index is 12.2. The Balaban J connectivity index is 1.71. The molecule has 110 valence electrons. The van der Waals surface area contributed by atoms with Crippen molar-refractivity contribution in [3.8, 4) is 5.75 Å². The number of ether oxygens (including phenoxy) is 1. The van der Waals surface area contributed by atoms with Gasteiger partial charge < -0.3 is 9.64 Å². The highest BCUT2D eigenvalue weighted by Crippen LogP contribution is 2.30. The number of methoxy groups -OCH3 is 1. The van der Waals surface area contributed by atoms with Crippen LogP contribution >= 0.6 is 0 Å². The second-order valence-corrected chi connectivity index (χ2v) is 5.28. The van der Waals surface area contributed by atoms with Crippen LogP contribution in [0.25, 0.3) is 0 Å².